The maximum absolute atomic E-state index is 12.7. The van der Waals surface area contributed by atoms with Crippen molar-refractivity contribution in [3.05, 3.63) is 69.8 Å². The lowest BCUT2D eigenvalue weighted by molar-refractivity contribution is -0.129. The van der Waals surface area contributed by atoms with Gasteiger partial charge < -0.3 is 9.64 Å². The number of ketones is 1. The van der Waals surface area contributed by atoms with Crippen molar-refractivity contribution in [2.24, 2.45) is 0 Å². The van der Waals surface area contributed by atoms with Gasteiger partial charge in [-0.25, -0.2) is 0 Å². The number of carbonyl (C=O) groups excluding carboxylic acids is 2. The van der Waals surface area contributed by atoms with Gasteiger partial charge in [0.25, 0.3) is 0 Å². The van der Waals surface area contributed by atoms with Crippen LogP contribution < -0.4 is 4.74 Å². The molecular weight excluding hydrogens is 386 g/mol. The SMILES string of the molecule is Cc1cc2c(cc1C)C(=O)CC1(CCN(C(=O)/C=C/c3ccc(Cl)cc3)CC1)O2. The van der Waals surface area contributed by atoms with Crippen molar-refractivity contribution in [3.8, 4) is 5.75 Å². The molecule has 0 saturated carbocycles. The van der Waals surface area contributed by atoms with Gasteiger partial charge in [-0.1, -0.05) is 23.7 Å². The van der Waals surface area contributed by atoms with Crippen molar-refractivity contribution in [1.82, 2.24) is 4.90 Å². The first-order valence-corrected chi connectivity index (χ1v) is 10.3. The summed E-state index contributed by atoms with van der Waals surface area (Å²) in [7, 11) is 0. The first-order chi connectivity index (χ1) is 13.8. The fourth-order valence-electron chi connectivity index (χ4n) is 4.01. The molecule has 0 unspecified atom stereocenters. The number of carbonyl (C=O) groups is 2. The average Bonchev–Trinajstić information content (AvgIpc) is 2.69. The number of rotatable bonds is 2. The Balaban J connectivity index is 1.42. The van der Waals surface area contributed by atoms with E-state index >= 15 is 0 Å². The number of hydrogen-bond donors (Lipinski definition) is 0. The number of Topliss-reactive ketones (excluding diaryl/α,β-unsaturated/α-hetero) is 1. The van der Waals surface area contributed by atoms with Gasteiger partial charge in [-0.05, 0) is 60.9 Å². The highest BCUT2D eigenvalue weighted by molar-refractivity contribution is 6.30. The van der Waals surface area contributed by atoms with Crippen molar-refractivity contribution >= 4 is 29.4 Å². The Labute approximate surface area is 176 Å². The zero-order valence-corrected chi connectivity index (χ0v) is 17.5. The van der Waals surface area contributed by atoms with E-state index in [9.17, 15) is 9.59 Å². The number of likely N-dealkylation sites (tertiary alicyclic amines) is 1. The lowest BCUT2D eigenvalue weighted by atomic mass is 9.82. The van der Waals surface area contributed by atoms with E-state index < -0.39 is 5.60 Å². The summed E-state index contributed by atoms with van der Waals surface area (Å²) in [5.74, 6) is 0.798. The van der Waals surface area contributed by atoms with E-state index in [1.165, 1.54) is 0 Å². The number of aryl methyl sites for hydroxylation is 2. The van der Waals surface area contributed by atoms with Crippen LogP contribution in [0.25, 0.3) is 6.08 Å². The Kier molecular flexibility index (Phi) is 5.22. The molecule has 4 nitrogen and oxygen atoms in total. The lowest BCUT2D eigenvalue weighted by Gasteiger charge is -2.44. The second-order valence-corrected chi connectivity index (χ2v) is 8.46. The topological polar surface area (TPSA) is 46.6 Å². The van der Waals surface area contributed by atoms with Crippen LogP contribution in [-0.4, -0.2) is 35.3 Å². The largest absolute Gasteiger partial charge is 0.486 e. The zero-order chi connectivity index (χ0) is 20.6. The van der Waals surface area contributed by atoms with Crippen molar-refractivity contribution in [2.75, 3.05) is 13.1 Å². The summed E-state index contributed by atoms with van der Waals surface area (Å²) in [4.78, 5) is 27.1. The summed E-state index contributed by atoms with van der Waals surface area (Å²) in [6.07, 6.45) is 5.09. The summed E-state index contributed by atoms with van der Waals surface area (Å²) >= 11 is 5.89. The molecule has 1 saturated heterocycles. The van der Waals surface area contributed by atoms with Crippen LogP contribution in [0.1, 0.15) is 46.3 Å². The maximum Gasteiger partial charge on any atom is 0.246 e. The van der Waals surface area contributed by atoms with Gasteiger partial charge in [0.15, 0.2) is 5.78 Å². The Morgan fingerprint density at radius 1 is 1.10 bits per heavy atom. The number of ether oxygens (including phenoxy) is 1. The molecule has 0 aromatic heterocycles. The fourth-order valence-corrected chi connectivity index (χ4v) is 4.14. The second-order valence-electron chi connectivity index (χ2n) is 8.03. The normalized spacial score (nSPS) is 18.0. The highest BCUT2D eigenvalue weighted by atomic mass is 35.5. The number of hydrogen-bond acceptors (Lipinski definition) is 3. The predicted molar refractivity (Wildman–Crippen MR) is 115 cm³/mol. The molecule has 2 aliphatic rings. The van der Waals surface area contributed by atoms with E-state index in [1.54, 1.807) is 24.3 Å². The fraction of sp³-hybridized carbons (Fsp3) is 0.333. The van der Waals surface area contributed by atoms with E-state index in [0.717, 1.165) is 16.7 Å². The Bertz CT molecular complexity index is 986. The molecule has 2 aromatic carbocycles. The van der Waals surface area contributed by atoms with Crippen LogP contribution in [0.15, 0.2) is 42.5 Å². The van der Waals surface area contributed by atoms with Crippen molar-refractivity contribution < 1.29 is 14.3 Å². The van der Waals surface area contributed by atoms with Gasteiger partial charge in [-0.2, -0.15) is 0 Å². The van der Waals surface area contributed by atoms with E-state index in [0.29, 0.717) is 48.7 Å². The molecule has 1 fully saturated rings. The van der Waals surface area contributed by atoms with Crippen LogP contribution in [0.5, 0.6) is 5.75 Å². The van der Waals surface area contributed by atoms with Crippen LogP contribution in [0.3, 0.4) is 0 Å². The van der Waals surface area contributed by atoms with Gasteiger partial charge in [0.05, 0.1) is 12.0 Å². The quantitative estimate of drug-likeness (QED) is 0.656. The Morgan fingerprint density at radius 2 is 1.76 bits per heavy atom. The van der Waals surface area contributed by atoms with Crippen LogP contribution in [0.2, 0.25) is 5.02 Å². The molecule has 0 bridgehead atoms. The highest BCUT2D eigenvalue weighted by Gasteiger charge is 2.43. The molecule has 1 amide bonds. The lowest BCUT2D eigenvalue weighted by Crippen LogP contribution is -2.52. The van der Waals surface area contributed by atoms with Gasteiger partial charge in [0, 0.05) is 37.0 Å². The first-order valence-electron chi connectivity index (χ1n) is 9.91. The third-order valence-electron chi connectivity index (χ3n) is 5.98. The molecule has 150 valence electrons. The highest BCUT2D eigenvalue weighted by Crippen LogP contribution is 2.40. The maximum atomic E-state index is 12.7. The van der Waals surface area contributed by atoms with Crippen LogP contribution in [0, 0.1) is 13.8 Å². The monoisotopic (exact) mass is 409 g/mol. The standard InChI is InChI=1S/C24H24ClNO3/c1-16-13-20-21(27)15-24(29-22(20)14-17(16)2)9-11-26(12-10-24)23(28)8-5-18-3-6-19(25)7-4-18/h3-8,13-14H,9-12,15H2,1-2H3/b8-5+. The van der Waals surface area contributed by atoms with Crippen molar-refractivity contribution in [1.29, 1.82) is 0 Å². The number of amides is 1. The molecular formula is C24H24ClNO3. The minimum Gasteiger partial charge on any atom is -0.486 e. The molecule has 4 rings (SSSR count). The van der Waals surface area contributed by atoms with E-state index in [4.69, 9.17) is 16.3 Å². The molecule has 2 heterocycles. The molecule has 0 aliphatic carbocycles. The van der Waals surface area contributed by atoms with Crippen molar-refractivity contribution in [2.45, 2.75) is 38.7 Å². The molecule has 2 aromatic rings. The van der Waals surface area contributed by atoms with E-state index in [1.807, 2.05) is 43.0 Å². The smallest absolute Gasteiger partial charge is 0.246 e. The Morgan fingerprint density at radius 3 is 2.45 bits per heavy atom. The van der Waals surface area contributed by atoms with Gasteiger partial charge in [-0.15, -0.1) is 0 Å². The minimum atomic E-state index is -0.498. The zero-order valence-electron chi connectivity index (χ0n) is 16.7. The van der Waals surface area contributed by atoms with Gasteiger partial charge in [0.2, 0.25) is 5.91 Å². The molecule has 2 aliphatic heterocycles. The average molecular weight is 410 g/mol. The first kappa shape index (κ1) is 19.7. The van der Waals surface area contributed by atoms with Crippen LogP contribution >= 0.6 is 11.6 Å². The van der Waals surface area contributed by atoms with E-state index in [-0.39, 0.29) is 11.7 Å². The summed E-state index contributed by atoms with van der Waals surface area (Å²) in [6.45, 7) is 5.20. The molecule has 0 N–H and O–H groups in total. The molecule has 1 spiro atoms. The summed E-state index contributed by atoms with van der Waals surface area (Å²) < 4.78 is 6.35. The molecule has 29 heavy (non-hydrogen) atoms. The van der Waals surface area contributed by atoms with Crippen LogP contribution in [-0.2, 0) is 4.79 Å². The third kappa shape index (κ3) is 4.08. The summed E-state index contributed by atoms with van der Waals surface area (Å²) in [5.41, 5.74) is 3.34. The molecule has 5 heteroatoms. The summed E-state index contributed by atoms with van der Waals surface area (Å²) in [5, 5.41) is 0.670. The number of halogens is 1. The Hall–Kier alpha value is -2.59. The minimum absolute atomic E-state index is 0.0243. The third-order valence-corrected chi connectivity index (χ3v) is 6.23. The van der Waals surface area contributed by atoms with Crippen molar-refractivity contribution in [3.63, 3.8) is 0 Å². The number of fused-ring (bicyclic) bond motifs is 1. The molecule has 0 radical (unpaired) electrons. The summed E-state index contributed by atoms with van der Waals surface area (Å²) in [6, 6.07) is 11.2. The second kappa shape index (κ2) is 7.68. The molecule has 0 atom stereocenters. The number of benzene rings is 2. The van der Waals surface area contributed by atoms with E-state index in [2.05, 4.69) is 0 Å². The number of piperidine rings is 1. The van der Waals surface area contributed by atoms with Gasteiger partial charge >= 0.3 is 0 Å². The van der Waals surface area contributed by atoms with Gasteiger partial charge in [-0.3, -0.25) is 9.59 Å². The number of nitrogens with zero attached hydrogens (tertiary/aromatic N) is 1. The van der Waals surface area contributed by atoms with Gasteiger partial charge in [0.1, 0.15) is 11.4 Å². The predicted octanol–water partition coefficient (Wildman–Crippen LogP) is 5.00. The van der Waals surface area contributed by atoms with Crippen LogP contribution in [0.4, 0.5) is 0 Å².